The van der Waals surface area contributed by atoms with Crippen LogP contribution in [0.4, 0.5) is 4.79 Å². The maximum atomic E-state index is 12.5. The number of amides is 1. The van der Waals surface area contributed by atoms with E-state index >= 15 is 0 Å². The molecular weight excluding hydrogens is 518 g/mol. The number of carbonyl (C=O) groups excluding carboxylic acids is 1. The normalized spacial score (nSPS) is 17.4. The number of imidazole rings is 1. The van der Waals surface area contributed by atoms with Crippen LogP contribution in [0.25, 0.3) is 11.0 Å². The fourth-order valence-electron chi connectivity index (χ4n) is 5.18. The fourth-order valence-corrected chi connectivity index (χ4v) is 5.53. The highest BCUT2D eigenvalue weighted by atomic mass is 79.9. The molecule has 0 atom stereocenters. The molecule has 0 spiro atoms. The monoisotopic (exact) mass is 553 g/mol. The first kappa shape index (κ1) is 25.3. The third kappa shape index (κ3) is 5.78. The Morgan fingerprint density at radius 2 is 1.92 bits per heavy atom. The SMILES string of the molecule is CCCCOC(=O)N1CCC(COCc2nc3cc(Br)ccc3n2CC2CC2)(c2ccccc2)CC1. The number of likely N-dealkylation sites (tertiary alicyclic amines) is 1. The van der Waals surface area contributed by atoms with Crippen molar-refractivity contribution >= 4 is 33.1 Å². The van der Waals surface area contributed by atoms with Gasteiger partial charge in [0.2, 0.25) is 0 Å². The molecular formula is C29H36BrN3O3. The average molecular weight is 555 g/mol. The number of ether oxygens (including phenoxy) is 2. The Balaban J connectivity index is 1.29. The van der Waals surface area contributed by atoms with Gasteiger partial charge in [-0.25, -0.2) is 9.78 Å². The van der Waals surface area contributed by atoms with Crippen LogP contribution in [0.2, 0.25) is 0 Å². The van der Waals surface area contributed by atoms with Crippen LogP contribution in [0.3, 0.4) is 0 Å². The minimum absolute atomic E-state index is 0.127. The highest BCUT2D eigenvalue weighted by Crippen LogP contribution is 2.37. The number of rotatable bonds is 10. The van der Waals surface area contributed by atoms with Crippen LogP contribution in [0.15, 0.2) is 53.0 Å². The van der Waals surface area contributed by atoms with E-state index in [9.17, 15) is 4.79 Å². The maximum absolute atomic E-state index is 12.5. The molecule has 192 valence electrons. The van der Waals surface area contributed by atoms with Crippen molar-refractivity contribution in [2.45, 2.75) is 64.0 Å². The Labute approximate surface area is 222 Å². The van der Waals surface area contributed by atoms with Gasteiger partial charge in [0.15, 0.2) is 0 Å². The van der Waals surface area contributed by atoms with Crippen LogP contribution in [-0.2, 0) is 28.0 Å². The van der Waals surface area contributed by atoms with Crippen LogP contribution >= 0.6 is 15.9 Å². The summed E-state index contributed by atoms with van der Waals surface area (Å²) in [7, 11) is 0. The minimum Gasteiger partial charge on any atom is -0.449 e. The van der Waals surface area contributed by atoms with E-state index in [1.54, 1.807) is 0 Å². The zero-order chi connectivity index (χ0) is 25.0. The number of hydrogen-bond acceptors (Lipinski definition) is 4. The lowest BCUT2D eigenvalue weighted by Gasteiger charge is -2.41. The molecule has 1 aliphatic carbocycles. The summed E-state index contributed by atoms with van der Waals surface area (Å²) in [5.74, 6) is 1.75. The number of unbranched alkanes of at least 4 members (excludes halogenated alkanes) is 1. The Kier molecular flexibility index (Phi) is 7.96. The first-order valence-electron chi connectivity index (χ1n) is 13.3. The smallest absolute Gasteiger partial charge is 0.409 e. The summed E-state index contributed by atoms with van der Waals surface area (Å²) in [4.78, 5) is 19.3. The van der Waals surface area contributed by atoms with Crippen molar-refractivity contribution < 1.29 is 14.3 Å². The molecule has 1 amide bonds. The van der Waals surface area contributed by atoms with E-state index in [1.807, 2.05) is 4.90 Å². The third-order valence-corrected chi connectivity index (χ3v) is 8.12. The summed E-state index contributed by atoms with van der Waals surface area (Å²) in [6.45, 7) is 6.05. The lowest BCUT2D eigenvalue weighted by atomic mass is 9.73. The number of nitrogens with zero attached hydrogens (tertiary/aromatic N) is 3. The van der Waals surface area contributed by atoms with Gasteiger partial charge in [-0.15, -0.1) is 0 Å². The molecule has 1 saturated carbocycles. The van der Waals surface area contributed by atoms with Crippen LogP contribution in [-0.4, -0.2) is 46.8 Å². The van der Waals surface area contributed by atoms with Gasteiger partial charge in [-0.05, 0) is 61.8 Å². The molecule has 1 aliphatic heterocycles. The van der Waals surface area contributed by atoms with Crippen molar-refractivity contribution in [3.63, 3.8) is 0 Å². The zero-order valence-electron chi connectivity index (χ0n) is 21.1. The molecule has 1 aromatic heterocycles. The fraction of sp³-hybridized carbons (Fsp3) is 0.517. The number of aromatic nitrogens is 2. The molecule has 5 rings (SSSR count). The Morgan fingerprint density at radius 3 is 2.64 bits per heavy atom. The third-order valence-electron chi connectivity index (χ3n) is 7.62. The number of hydrogen-bond donors (Lipinski definition) is 0. The molecule has 6 nitrogen and oxygen atoms in total. The van der Waals surface area contributed by atoms with Gasteiger partial charge in [0.25, 0.3) is 0 Å². The molecule has 3 aromatic rings. The maximum Gasteiger partial charge on any atom is 0.409 e. The van der Waals surface area contributed by atoms with Crippen molar-refractivity contribution in [2.24, 2.45) is 5.92 Å². The molecule has 2 aliphatic rings. The quantitative estimate of drug-likeness (QED) is 0.262. The predicted molar refractivity (Wildman–Crippen MR) is 145 cm³/mol. The lowest BCUT2D eigenvalue weighted by molar-refractivity contribution is 0.0280. The van der Waals surface area contributed by atoms with Crippen molar-refractivity contribution in [1.82, 2.24) is 14.5 Å². The molecule has 2 aromatic carbocycles. The van der Waals surface area contributed by atoms with Crippen LogP contribution in [0.1, 0.15) is 56.8 Å². The number of benzene rings is 2. The van der Waals surface area contributed by atoms with Crippen molar-refractivity contribution in [2.75, 3.05) is 26.3 Å². The van der Waals surface area contributed by atoms with Gasteiger partial charge in [-0.3, -0.25) is 0 Å². The molecule has 0 unspecified atom stereocenters. The standard InChI is InChI=1S/C29H36BrN3O3/c1-2-3-17-36-28(34)32-15-13-29(14-16-32,23-7-5-4-6-8-23)21-35-20-27-31-25-18-24(30)11-12-26(25)33(27)19-22-9-10-22/h4-8,11-12,18,22H,2-3,9-10,13-17,19-21H2,1H3. The number of piperidine rings is 1. The summed E-state index contributed by atoms with van der Waals surface area (Å²) in [6.07, 6.45) is 6.04. The number of fused-ring (bicyclic) bond motifs is 1. The minimum atomic E-state index is -0.189. The molecule has 2 fully saturated rings. The van der Waals surface area contributed by atoms with Crippen molar-refractivity contribution in [1.29, 1.82) is 0 Å². The second-order valence-electron chi connectivity index (χ2n) is 10.3. The molecule has 36 heavy (non-hydrogen) atoms. The molecule has 1 saturated heterocycles. The zero-order valence-corrected chi connectivity index (χ0v) is 22.7. The van der Waals surface area contributed by atoms with E-state index in [1.165, 1.54) is 23.9 Å². The van der Waals surface area contributed by atoms with Gasteiger partial charge in [0.05, 0.1) is 24.2 Å². The summed E-state index contributed by atoms with van der Waals surface area (Å²) in [6, 6.07) is 16.9. The lowest BCUT2D eigenvalue weighted by Crippen LogP contribution is -2.47. The summed E-state index contributed by atoms with van der Waals surface area (Å²) in [5.41, 5.74) is 3.34. The van der Waals surface area contributed by atoms with Gasteiger partial charge in [-0.2, -0.15) is 0 Å². The predicted octanol–water partition coefficient (Wildman–Crippen LogP) is 6.70. The molecule has 0 bridgehead atoms. The van der Waals surface area contributed by atoms with E-state index in [2.05, 4.69) is 76.0 Å². The van der Waals surface area contributed by atoms with E-state index in [0.717, 1.165) is 54.0 Å². The molecule has 0 N–H and O–H groups in total. The van der Waals surface area contributed by atoms with Gasteiger partial charge in [0, 0.05) is 29.5 Å². The van der Waals surface area contributed by atoms with Crippen LogP contribution < -0.4 is 0 Å². The van der Waals surface area contributed by atoms with Gasteiger partial charge in [-0.1, -0.05) is 59.6 Å². The Morgan fingerprint density at radius 1 is 1.14 bits per heavy atom. The van der Waals surface area contributed by atoms with Crippen molar-refractivity contribution in [3.05, 3.63) is 64.4 Å². The average Bonchev–Trinajstić information content (AvgIpc) is 3.66. The van der Waals surface area contributed by atoms with Gasteiger partial charge < -0.3 is 18.9 Å². The first-order chi connectivity index (χ1) is 17.6. The Bertz CT molecular complexity index is 1170. The number of halogens is 1. The second kappa shape index (κ2) is 11.3. The molecule has 2 heterocycles. The summed E-state index contributed by atoms with van der Waals surface area (Å²) in [5, 5.41) is 0. The van der Waals surface area contributed by atoms with Gasteiger partial charge in [0.1, 0.15) is 12.4 Å². The first-order valence-corrected chi connectivity index (χ1v) is 14.1. The van der Waals surface area contributed by atoms with Crippen LogP contribution in [0.5, 0.6) is 0 Å². The Hall–Kier alpha value is -2.38. The second-order valence-corrected chi connectivity index (χ2v) is 11.2. The van der Waals surface area contributed by atoms with Crippen LogP contribution in [0, 0.1) is 5.92 Å². The van der Waals surface area contributed by atoms with Crippen molar-refractivity contribution in [3.8, 4) is 0 Å². The summed E-state index contributed by atoms with van der Waals surface area (Å²) >= 11 is 3.58. The molecule has 0 radical (unpaired) electrons. The largest absolute Gasteiger partial charge is 0.449 e. The summed E-state index contributed by atoms with van der Waals surface area (Å²) < 4.78 is 15.3. The number of carbonyl (C=O) groups is 1. The van der Waals surface area contributed by atoms with E-state index in [4.69, 9.17) is 14.5 Å². The molecule has 7 heteroatoms. The van der Waals surface area contributed by atoms with E-state index < -0.39 is 0 Å². The topological polar surface area (TPSA) is 56.6 Å². The van der Waals surface area contributed by atoms with E-state index in [-0.39, 0.29) is 11.5 Å². The highest BCUT2D eigenvalue weighted by Gasteiger charge is 2.38. The highest BCUT2D eigenvalue weighted by molar-refractivity contribution is 9.10. The van der Waals surface area contributed by atoms with E-state index in [0.29, 0.717) is 32.9 Å². The van der Waals surface area contributed by atoms with Gasteiger partial charge >= 0.3 is 6.09 Å².